The molecule has 0 aliphatic carbocycles. The van der Waals surface area contributed by atoms with Crippen molar-refractivity contribution in [2.24, 2.45) is 10.2 Å². The molecule has 0 bridgehead atoms. The van der Waals surface area contributed by atoms with Gasteiger partial charge in [-0.2, -0.15) is 0 Å². The topological polar surface area (TPSA) is 28.0 Å². The van der Waals surface area contributed by atoms with Crippen molar-refractivity contribution in [3.05, 3.63) is 40.2 Å². The summed E-state index contributed by atoms with van der Waals surface area (Å²) in [6, 6.07) is 12.2. The molecule has 0 spiro atoms. The van der Waals surface area contributed by atoms with Gasteiger partial charge in [0.05, 0.1) is 9.47 Å². The standard InChI is InChI=1S/C14H12BrN3S2/c1-18(2)10-5-3-9(4-6-10)16-17-14-8-12-11(20-14)7-13(15)19-12/h3-8H,1-2H3. The zero-order valence-corrected chi connectivity index (χ0v) is 14.2. The maximum absolute atomic E-state index is 4.31. The Morgan fingerprint density at radius 3 is 2.30 bits per heavy atom. The zero-order valence-electron chi connectivity index (χ0n) is 11.0. The van der Waals surface area contributed by atoms with Gasteiger partial charge in [-0.3, -0.25) is 0 Å². The molecule has 0 aliphatic rings. The van der Waals surface area contributed by atoms with Crippen molar-refractivity contribution in [1.29, 1.82) is 0 Å². The fourth-order valence-corrected chi connectivity index (χ4v) is 4.61. The highest BCUT2D eigenvalue weighted by molar-refractivity contribution is 9.11. The summed E-state index contributed by atoms with van der Waals surface area (Å²) in [6.07, 6.45) is 0. The van der Waals surface area contributed by atoms with Crippen LogP contribution in [0.4, 0.5) is 16.4 Å². The molecule has 0 fully saturated rings. The van der Waals surface area contributed by atoms with E-state index < -0.39 is 0 Å². The minimum absolute atomic E-state index is 0.869. The van der Waals surface area contributed by atoms with E-state index in [1.54, 1.807) is 22.7 Å². The van der Waals surface area contributed by atoms with Crippen LogP contribution >= 0.6 is 38.6 Å². The molecule has 102 valence electrons. The number of benzene rings is 1. The van der Waals surface area contributed by atoms with Gasteiger partial charge in [-0.25, -0.2) is 0 Å². The van der Waals surface area contributed by atoms with Gasteiger partial charge in [0.1, 0.15) is 5.00 Å². The summed E-state index contributed by atoms with van der Waals surface area (Å²) >= 11 is 6.87. The van der Waals surface area contributed by atoms with Crippen LogP contribution in [0.15, 0.2) is 50.4 Å². The molecule has 0 radical (unpaired) electrons. The number of hydrogen-bond acceptors (Lipinski definition) is 5. The number of anilines is 1. The minimum Gasteiger partial charge on any atom is -0.378 e. The molecule has 2 aromatic heterocycles. The Kier molecular flexibility index (Phi) is 3.87. The van der Waals surface area contributed by atoms with Crippen LogP contribution in [0.5, 0.6) is 0 Å². The summed E-state index contributed by atoms with van der Waals surface area (Å²) in [7, 11) is 4.04. The Bertz CT molecular complexity index is 725. The molecule has 1 aromatic carbocycles. The second-order valence-corrected chi connectivity index (χ2v) is 8.00. The third kappa shape index (κ3) is 2.92. The molecule has 0 saturated carbocycles. The molecule has 3 rings (SSSR count). The van der Waals surface area contributed by atoms with E-state index in [0.717, 1.165) is 20.2 Å². The largest absolute Gasteiger partial charge is 0.378 e. The Balaban J connectivity index is 1.80. The van der Waals surface area contributed by atoms with Crippen LogP contribution in [0.1, 0.15) is 0 Å². The van der Waals surface area contributed by atoms with Crippen molar-refractivity contribution in [2.75, 3.05) is 19.0 Å². The molecular formula is C14H12BrN3S2. The van der Waals surface area contributed by atoms with E-state index in [-0.39, 0.29) is 0 Å². The maximum Gasteiger partial charge on any atom is 0.140 e. The van der Waals surface area contributed by atoms with Crippen LogP contribution in [-0.4, -0.2) is 14.1 Å². The molecule has 0 saturated heterocycles. The van der Waals surface area contributed by atoms with E-state index in [2.05, 4.69) is 43.2 Å². The van der Waals surface area contributed by atoms with Gasteiger partial charge in [0.25, 0.3) is 0 Å². The summed E-state index contributed by atoms with van der Waals surface area (Å²) in [5.74, 6) is 0. The molecule has 0 atom stereocenters. The molecule has 3 aromatic rings. The van der Waals surface area contributed by atoms with Gasteiger partial charge in [-0.1, -0.05) is 0 Å². The number of rotatable bonds is 3. The lowest BCUT2D eigenvalue weighted by molar-refractivity contribution is 1.13. The highest BCUT2D eigenvalue weighted by Gasteiger charge is 2.04. The number of nitrogens with zero attached hydrogens (tertiary/aromatic N) is 3. The zero-order chi connectivity index (χ0) is 14.1. The summed E-state index contributed by atoms with van der Waals surface area (Å²) < 4.78 is 3.65. The van der Waals surface area contributed by atoms with Crippen LogP contribution in [0.25, 0.3) is 9.40 Å². The lowest BCUT2D eigenvalue weighted by Gasteiger charge is -2.11. The lowest BCUT2D eigenvalue weighted by atomic mass is 10.3. The predicted molar refractivity (Wildman–Crippen MR) is 92.3 cm³/mol. The molecule has 0 unspecified atom stereocenters. The van der Waals surface area contributed by atoms with E-state index in [0.29, 0.717) is 0 Å². The number of halogens is 1. The van der Waals surface area contributed by atoms with Crippen molar-refractivity contribution in [2.45, 2.75) is 0 Å². The Morgan fingerprint density at radius 1 is 0.950 bits per heavy atom. The van der Waals surface area contributed by atoms with Gasteiger partial charge in [0.15, 0.2) is 0 Å². The van der Waals surface area contributed by atoms with E-state index in [9.17, 15) is 0 Å². The number of azo groups is 1. The van der Waals surface area contributed by atoms with E-state index >= 15 is 0 Å². The van der Waals surface area contributed by atoms with Crippen molar-refractivity contribution < 1.29 is 0 Å². The quantitative estimate of drug-likeness (QED) is 0.507. The molecular weight excluding hydrogens is 354 g/mol. The number of thiophene rings is 2. The summed E-state index contributed by atoms with van der Waals surface area (Å²) in [4.78, 5) is 2.06. The lowest BCUT2D eigenvalue weighted by Crippen LogP contribution is -2.07. The molecule has 0 N–H and O–H groups in total. The van der Waals surface area contributed by atoms with Crippen LogP contribution in [-0.2, 0) is 0 Å². The predicted octanol–water partition coefficient (Wildman–Crippen LogP) is 6.21. The second-order valence-electron chi connectivity index (χ2n) is 4.47. The van der Waals surface area contributed by atoms with Gasteiger partial charge in [0.2, 0.25) is 0 Å². The van der Waals surface area contributed by atoms with Gasteiger partial charge in [-0.15, -0.1) is 32.9 Å². The van der Waals surface area contributed by atoms with Crippen LogP contribution in [0.3, 0.4) is 0 Å². The first-order valence-electron chi connectivity index (χ1n) is 6.00. The first-order valence-corrected chi connectivity index (χ1v) is 8.42. The van der Waals surface area contributed by atoms with Crippen molar-refractivity contribution in [3.63, 3.8) is 0 Å². The molecule has 20 heavy (non-hydrogen) atoms. The fraction of sp³-hybridized carbons (Fsp3) is 0.143. The molecule has 0 aliphatic heterocycles. The molecule has 6 heteroatoms. The fourth-order valence-electron chi connectivity index (χ4n) is 1.77. The van der Waals surface area contributed by atoms with Crippen LogP contribution in [0, 0.1) is 0 Å². The third-order valence-electron chi connectivity index (χ3n) is 2.79. The van der Waals surface area contributed by atoms with Gasteiger partial charge < -0.3 is 4.90 Å². The Hall–Kier alpha value is -1.24. The first-order chi connectivity index (χ1) is 9.61. The van der Waals surface area contributed by atoms with E-state index in [1.165, 1.54) is 9.40 Å². The second kappa shape index (κ2) is 5.63. The Morgan fingerprint density at radius 2 is 1.65 bits per heavy atom. The van der Waals surface area contributed by atoms with E-state index in [4.69, 9.17) is 0 Å². The maximum atomic E-state index is 4.31. The monoisotopic (exact) mass is 365 g/mol. The third-order valence-corrected chi connectivity index (χ3v) is 5.47. The van der Waals surface area contributed by atoms with Gasteiger partial charge in [-0.05, 0) is 52.3 Å². The minimum atomic E-state index is 0.869. The number of fused-ring (bicyclic) bond motifs is 1. The van der Waals surface area contributed by atoms with E-state index in [1.807, 2.05) is 38.4 Å². The molecule has 0 amide bonds. The first kappa shape index (κ1) is 13.7. The number of hydrogen-bond donors (Lipinski definition) is 0. The Labute approximate surface area is 133 Å². The highest BCUT2D eigenvalue weighted by atomic mass is 79.9. The molecule has 3 nitrogen and oxygen atoms in total. The average Bonchev–Trinajstić information content (AvgIpc) is 2.93. The van der Waals surface area contributed by atoms with Gasteiger partial charge in [0, 0.05) is 29.2 Å². The van der Waals surface area contributed by atoms with Crippen molar-refractivity contribution >= 4 is 64.4 Å². The van der Waals surface area contributed by atoms with Gasteiger partial charge >= 0.3 is 0 Å². The normalized spacial score (nSPS) is 11.6. The van der Waals surface area contributed by atoms with Crippen molar-refractivity contribution in [3.8, 4) is 0 Å². The summed E-state index contributed by atoms with van der Waals surface area (Å²) in [5, 5.41) is 9.54. The highest BCUT2D eigenvalue weighted by Crippen LogP contribution is 2.39. The van der Waals surface area contributed by atoms with Crippen LogP contribution < -0.4 is 4.90 Å². The summed E-state index contributed by atoms with van der Waals surface area (Å²) in [6.45, 7) is 0. The molecule has 2 heterocycles. The van der Waals surface area contributed by atoms with Crippen molar-refractivity contribution in [1.82, 2.24) is 0 Å². The van der Waals surface area contributed by atoms with Crippen LogP contribution in [0.2, 0.25) is 0 Å². The SMILES string of the molecule is CN(C)c1ccc(N=Nc2cc3sc(Br)cc3s2)cc1. The average molecular weight is 366 g/mol. The summed E-state index contributed by atoms with van der Waals surface area (Å²) in [5.41, 5.74) is 2.03. The smallest absolute Gasteiger partial charge is 0.140 e.